The number of allylic oxidation sites excluding steroid dienone is 4. The van der Waals surface area contributed by atoms with Crippen molar-refractivity contribution in [1.82, 2.24) is 5.32 Å². The molecule has 3 unspecified atom stereocenters. The van der Waals surface area contributed by atoms with E-state index in [0.29, 0.717) is 19.3 Å². The molecule has 0 bridgehead atoms. The zero-order valence-electron chi connectivity index (χ0n) is 37.5. The van der Waals surface area contributed by atoms with E-state index in [-0.39, 0.29) is 24.9 Å². The lowest BCUT2D eigenvalue weighted by atomic mass is 10.0. The van der Waals surface area contributed by atoms with Crippen LogP contribution < -0.4 is 5.32 Å². The summed E-state index contributed by atoms with van der Waals surface area (Å²) in [5.41, 5.74) is 0. The van der Waals surface area contributed by atoms with E-state index in [1.54, 1.807) is 0 Å². The number of hydrogen-bond donors (Lipinski definition) is 3. The molecule has 0 saturated heterocycles. The molecule has 6 nitrogen and oxygen atoms in total. The number of amides is 1. The average molecular weight is 790 g/mol. The summed E-state index contributed by atoms with van der Waals surface area (Å²) in [5, 5.41) is 23.7. The highest BCUT2D eigenvalue weighted by Crippen LogP contribution is 2.18. The first-order valence-electron chi connectivity index (χ1n) is 24.6. The van der Waals surface area contributed by atoms with Gasteiger partial charge in [-0.05, 0) is 64.2 Å². The largest absolute Gasteiger partial charge is 0.462 e. The SMILES string of the molecule is CCCC/C=C\CCCCCCCC(=O)OC(CCCCC/C=C\CCCC)CC(=O)NC(CO)C(O)CCCCCCCCCCCCCCCCCCC. The number of nitrogens with one attached hydrogen (secondary N) is 1. The molecular formula is C50H95NO5. The summed E-state index contributed by atoms with van der Waals surface area (Å²) < 4.78 is 5.88. The molecule has 0 aliphatic carbocycles. The number of hydrogen-bond acceptors (Lipinski definition) is 5. The molecule has 0 spiro atoms. The molecule has 1 amide bonds. The number of carbonyl (C=O) groups is 2. The van der Waals surface area contributed by atoms with Gasteiger partial charge in [-0.1, -0.05) is 206 Å². The highest BCUT2D eigenvalue weighted by Gasteiger charge is 2.24. The van der Waals surface area contributed by atoms with Crippen LogP contribution in [0.4, 0.5) is 0 Å². The summed E-state index contributed by atoms with van der Waals surface area (Å²) in [6.45, 7) is 6.40. The lowest BCUT2D eigenvalue weighted by Gasteiger charge is -2.24. The molecule has 0 aliphatic rings. The van der Waals surface area contributed by atoms with Crippen LogP contribution in [0, 0.1) is 0 Å². The fraction of sp³-hybridized carbons (Fsp3) is 0.880. The minimum atomic E-state index is -0.788. The minimum absolute atomic E-state index is 0.0662. The first kappa shape index (κ1) is 54.3. The van der Waals surface area contributed by atoms with Crippen molar-refractivity contribution in [2.75, 3.05) is 6.61 Å². The molecule has 0 saturated carbocycles. The van der Waals surface area contributed by atoms with Gasteiger partial charge in [-0.15, -0.1) is 0 Å². The van der Waals surface area contributed by atoms with Crippen molar-refractivity contribution in [2.24, 2.45) is 0 Å². The van der Waals surface area contributed by atoms with Crippen LogP contribution in [0.5, 0.6) is 0 Å². The standard InChI is InChI=1S/C50H95NO5/c1-4-7-10-13-16-19-21-22-23-24-25-26-28-30-33-36-39-42-48(53)47(45-52)51-49(54)44-46(41-38-35-32-29-18-15-12-9-6-3)56-50(55)43-40-37-34-31-27-20-17-14-11-8-5-2/h14-15,17-18,46-48,52-53H,4-13,16,19-45H2,1-3H3,(H,51,54)/b17-14-,18-15-. The van der Waals surface area contributed by atoms with E-state index in [1.165, 1.54) is 141 Å². The Bertz CT molecular complexity index is 889. The molecule has 0 aliphatic heterocycles. The molecule has 3 N–H and O–H groups in total. The Morgan fingerprint density at radius 3 is 1.34 bits per heavy atom. The third-order valence-corrected chi connectivity index (χ3v) is 11.3. The minimum Gasteiger partial charge on any atom is -0.462 e. The number of carbonyl (C=O) groups excluding carboxylic acids is 2. The number of rotatable bonds is 44. The van der Waals surface area contributed by atoms with E-state index in [0.717, 1.165) is 70.6 Å². The Morgan fingerprint density at radius 1 is 0.500 bits per heavy atom. The van der Waals surface area contributed by atoms with Crippen LogP contribution in [0.15, 0.2) is 24.3 Å². The van der Waals surface area contributed by atoms with Crippen molar-refractivity contribution in [3.63, 3.8) is 0 Å². The van der Waals surface area contributed by atoms with Gasteiger partial charge in [0.05, 0.1) is 25.2 Å². The van der Waals surface area contributed by atoms with Crippen LogP contribution in [-0.2, 0) is 14.3 Å². The summed E-state index contributed by atoms with van der Waals surface area (Å²) in [5.74, 6) is -0.496. The molecule has 3 atom stereocenters. The average Bonchev–Trinajstić information content (AvgIpc) is 3.19. The Hall–Kier alpha value is -1.66. The van der Waals surface area contributed by atoms with E-state index >= 15 is 0 Å². The lowest BCUT2D eigenvalue weighted by Crippen LogP contribution is -2.46. The summed E-state index contributed by atoms with van der Waals surface area (Å²) in [4.78, 5) is 25.9. The quantitative estimate of drug-likeness (QED) is 0.0324. The highest BCUT2D eigenvalue weighted by atomic mass is 16.5. The highest BCUT2D eigenvalue weighted by molar-refractivity contribution is 5.77. The van der Waals surface area contributed by atoms with Crippen LogP contribution in [-0.4, -0.2) is 46.9 Å². The van der Waals surface area contributed by atoms with Crippen LogP contribution in [0.25, 0.3) is 0 Å². The molecule has 0 fully saturated rings. The van der Waals surface area contributed by atoms with Gasteiger partial charge in [0, 0.05) is 6.42 Å². The maximum absolute atomic E-state index is 13.1. The van der Waals surface area contributed by atoms with Gasteiger partial charge in [0.15, 0.2) is 0 Å². The van der Waals surface area contributed by atoms with Gasteiger partial charge >= 0.3 is 5.97 Å². The maximum atomic E-state index is 13.1. The Balaban J connectivity index is 4.41. The molecule has 6 heteroatoms. The molecule has 0 heterocycles. The van der Waals surface area contributed by atoms with Crippen molar-refractivity contribution in [1.29, 1.82) is 0 Å². The van der Waals surface area contributed by atoms with Crippen molar-refractivity contribution in [3.8, 4) is 0 Å². The molecule has 0 radical (unpaired) electrons. The zero-order valence-corrected chi connectivity index (χ0v) is 37.5. The van der Waals surface area contributed by atoms with E-state index in [2.05, 4.69) is 50.4 Å². The molecule has 0 rings (SSSR count). The molecule has 0 aromatic carbocycles. The van der Waals surface area contributed by atoms with E-state index in [4.69, 9.17) is 4.74 Å². The molecule has 0 aromatic heterocycles. The molecule has 330 valence electrons. The fourth-order valence-electron chi connectivity index (χ4n) is 7.45. The second kappa shape index (κ2) is 44.4. The summed E-state index contributed by atoms with van der Waals surface area (Å²) in [6, 6.07) is -0.703. The van der Waals surface area contributed by atoms with Gasteiger partial charge in [0.2, 0.25) is 5.91 Å². The van der Waals surface area contributed by atoms with Crippen LogP contribution in [0.3, 0.4) is 0 Å². The molecule has 0 aromatic rings. The summed E-state index contributed by atoms with van der Waals surface area (Å²) in [7, 11) is 0. The number of esters is 1. The van der Waals surface area contributed by atoms with Crippen molar-refractivity contribution >= 4 is 11.9 Å². The number of aliphatic hydroxyl groups excluding tert-OH is 2. The summed E-state index contributed by atoms with van der Waals surface area (Å²) >= 11 is 0. The van der Waals surface area contributed by atoms with Gasteiger partial charge in [0.25, 0.3) is 0 Å². The lowest BCUT2D eigenvalue weighted by molar-refractivity contribution is -0.151. The van der Waals surface area contributed by atoms with Crippen molar-refractivity contribution < 1.29 is 24.5 Å². The Morgan fingerprint density at radius 2 is 0.875 bits per heavy atom. The number of aliphatic hydroxyl groups is 2. The van der Waals surface area contributed by atoms with E-state index in [9.17, 15) is 19.8 Å². The van der Waals surface area contributed by atoms with E-state index < -0.39 is 18.2 Å². The van der Waals surface area contributed by atoms with Gasteiger partial charge in [-0.25, -0.2) is 0 Å². The van der Waals surface area contributed by atoms with Gasteiger partial charge in [-0.2, -0.15) is 0 Å². The zero-order chi connectivity index (χ0) is 41.0. The third-order valence-electron chi connectivity index (χ3n) is 11.3. The fourth-order valence-corrected chi connectivity index (χ4v) is 7.45. The normalized spacial score (nSPS) is 13.4. The van der Waals surface area contributed by atoms with Gasteiger partial charge < -0.3 is 20.3 Å². The first-order valence-corrected chi connectivity index (χ1v) is 24.6. The topological polar surface area (TPSA) is 95.9 Å². The Labute approximate surface area is 348 Å². The Kier molecular flexibility index (Phi) is 43.1. The van der Waals surface area contributed by atoms with Gasteiger partial charge in [0.1, 0.15) is 6.10 Å². The van der Waals surface area contributed by atoms with Crippen LogP contribution in [0.2, 0.25) is 0 Å². The van der Waals surface area contributed by atoms with Crippen LogP contribution >= 0.6 is 0 Å². The predicted molar refractivity (Wildman–Crippen MR) is 241 cm³/mol. The molecular weight excluding hydrogens is 695 g/mol. The smallest absolute Gasteiger partial charge is 0.306 e. The van der Waals surface area contributed by atoms with E-state index in [1.807, 2.05) is 0 Å². The van der Waals surface area contributed by atoms with Gasteiger partial charge in [-0.3, -0.25) is 9.59 Å². The number of unbranched alkanes of at least 4 members (excludes halogenated alkanes) is 28. The third kappa shape index (κ3) is 39.2. The number of ether oxygens (including phenoxy) is 1. The predicted octanol–water partition coefficient (Wildman–Crippen LogP) is 14.3. The first-order chi connectivity index (χ1) is 27.5. The van der Waals surface area contributed by atoms with Crippen molar-refractivity contribution in [2.45, 2.75) is 277 Å². The van der Waals surface area contributed by atoms with Crippen molar-refractivity contribution in [3.05, 3.63) is 24.3 Å². The second-order valence-corrected chi connectivity index (χ2v) is 16.9. The monoisotopic (exact) mass is 790 g/mol. The molecule has 56 heavy (non-hydrogen) atoms. The second-order valence-electron chi connectivity index (χ2n) is 16.9. The maximum Gasteiger partial charge on any atom is 0.306 e. The summed E-state index contributed by atoms with van der Waals surface area (Å²) in [6.07, 6.45) is 49.6. The van der Waals surface area contributed by atoms with Crippen LogP contribution in [0.1, 0.15) is 258 Å².